The normalized spacial score (nSPS) is 11.9. The molecule has 7 heteroatoms. The molecule has 24 heavy (non-hydrogen) atoms. The van der Waals surface area contributed by atoms with Crippen LogP contribution in [0.2, 0.25) is 0 Å². The molecule has 138 valence electrons. The third kappa shape index (κ3) is 10.3. The number of guanidine groups is 1. The molecular weight excluding hydrogens is 308 g/mol. The van der Waals surface area contributed by atoms with E-state index >= 15 is 0 Å². The fraction of sp³-hybridized carbons (Fsp3) is 0.706. The molecule has 0 unspecified atom stereocenters. The van der Waals surface area contributed by atoms with Crippen LogP contribution in [-0.2, 0) is 16.1 Å². The molecule has 1 heterocycles. The van der Waals surface area contributed by atoms with Crippen molar-refractivity contribution in [1.82, 2.24) is 15.5 Å². The van der Waals surface area contributed by atoms with E-state index in [0.717, 1.165) is 57.3 Å². The van der Waals surface area contributed by atoms with Crippen LogP contribution < -0.4 is 10.6 Å². The minimum absolute atomic E-state index is 0.523. The van der Waals surface area contributed by atoms with Crippen LogP contribution in [0.4, 0.5) is 0 Å². The quantitative estimate of drug-likeness (QED) is 0.321. The zero-order valence-electron chi connectivity index (χ0n) is 15.2. The van der Waals surface area contributed by atoms with Crippen LogP contribution in [0.25, 0.3) is 0 Å². The van der Waals surface area contributed by atoms with E-state index in [1.807, 2.05) is 12.1 Å². The molecule has 0 fully saturated rings. The van der Waals surface area contributed by atoms with Crippen molar-refractivity contribution < 1.29 is 13.9 Å². The van der Waals surface area contributed by atoms with Crippen LogP contribution in [0.15, 0.2) is 27.8 Å². The highest BCUT2D eigenvalue weighted by Crippen LogP contribution is 2.01. The SMILES string of the molecule is CN=C(NCCCOCc1ccco1)NCCN(C)CCCOC. The van der Waals surface area contributed by atoms with Gasteiger partial charge < -0.3 is 29.4 Å². The molecule has 0 aliphatic rings. The fourth-order valence-electron chi connectivity index (χ4n) is 2.12. The van der Waals surface area contributed by atoms with Gasteiger partial charge in [-0.2, -0.15) is 0 Å². The molecule has 2 N–H and O–H groups in total. The largest absolute Gasteiger partial charge is 0.467 e. The molecule has 0 bridgehead atoms. The van der Waals surface area contributed by atoms with Gasteiger partial charge in [0, 0.05) is 53.6 Å². The van der Waals surface area contributed by atoms with Gasteiger partial charge in [0.1, 0.15) is 12.4 Å². The molecule has 0 radical (unpaired) electrons. The predicted molar refractivity (Wildman–Crippen MR) is 96.3 cm³/mol. The Bertz CT molecular complexity index is 423. The first-order valence-corrected chi connectivity index (χ1v) is 8.48. The summed E-state index contributed by atoms with van der Waals surface area (Å²) in [5.41, 5.74) is 0. The molecule has 0 aliphatic heterocycles. The molecular formula is C17H32N4O3. The second kappa shape index (κ2) is 13.8. The summed E-state index contributed by atoms with van der Waals surface area (Å²) in [6, 6.07) is 3.78. The molecule has 0 aromatic carbocycles. The predicted octanol–water partition coefficient (Wildman–Crippen LogP) is 1.32. The number of rotatable bonds is 13. The van der Waals surface area contributed by atoms with Gasteiger partial charge in [-0.05, 0) is 32.0 Å². The summed E-state index contributed by atoms with van der Waals surface area (Å²) in [6.45, 7) is 5.70. The van der Waals surface area contributed by atoms with E-state index in [4.69, 9.17) is 13.9 Å². The van der Waals surface area contributed by atoms with Crippen molar-refractivity contribution in [1.29, 1.82) is 0 Å². The first-order valence-electron chi connectivity index (χ1n) is 8.48. The van der Waals surface area contributed by atoms with Crippen LogP contribution in [-0.4, -0.2) is 71.5 Å². The maximum absolute atomic E-state index is 5.54. The maximum Gasteiger partial charge on any atom is 0.191 e. The standard InChI is InChI=1S/C17H32N4O3/c1-18-17(20-9-11-21(2)10-6-12-22-3)19-8-5-13-23-15-16-7-4-14-24-16/h4,7,14H,5-6,8-13,15H2,1-3H3,(H2,18,19,20). The lowest BCUT2D eigenvalue weighted by molar-refractivity contribution is 0.105. The van der Waals surface area contributed by atoms with Gasteiger partial charge in [0.25, 0.3) is 0 Å². The van der Waals surface area contributed by atoms with E-state index in [9.17, 15) is 0 Å². The summed E-state index contributed by atoms with van der Waals surface area (Å²) in [5.74, 6) is 1.68. The second-order valence-electron chi connectivity index (χ2n) is 5.56. The Morgan fingerprint density at radius 1 is 1.21 bits per heavy atom. The van der Waals surface area contributed by atoms with Crippen molar-refractivity contribution >= 4 is 5.96 Å². The van der Waals surface area contributed by atoms with Gasteiger partial charge in [0.05, 0.1) is 6.26 Å². The third-order valence-corrected chi connectivity index (χ3v) is 3.48. The Balaban J connectivity index is 1.98. The molecule has 0 saturated heterocycles. The molecule has 0 saturated carbocycles. The van der Waals surface area contributed by atoms with Crippen molar-refractivity contribution in [3.63, 3.8) is 0 Å². The average molecular weight is 340 g/mol. The van der Waals surface area contributed by atoms with Crippen LogP contribution >= 0.6 is 0 Å². The molecule has 1 aromatic rings. The Hall–Kier alpha value is -1.57. The lowest BCUT2D eigenvalue weighted by Crippen LogP contribution is -2.41. The number of aliphatic imine (C=N–C) groups is 1. The Morgan fingerprint density at radius 3 is 2.75 bits per heavy atom. The molecule has 1 aromatic heterocycles. The highest BCUT2D eigenvalue weighted by atomic mass is 16.5. The van der Waals surface area contributed by atoms with E-state index < -0.39 is 0 Å². The van der Waals surface area contributed by atoms with E-state index in [2.05, 4.69) is 27.6 Å². The Kier molecular flexibility index (Phi) is 11.8. The van der Waals surface area contributed by atoms with Crippen molar-refractivity contribution in [2.45, 2.75) is 19.4 Å². The van der Waals surface area contributed by atoms with Crippen molar-refractivity contribution in [2.75, 3.05) is 60.6 Å². The number of hydrogen-bond donors (Lipinski definition) is 2. The Labute approximate surface area is 145 Å². The minimum Gasteiger partial charge on any atom is -0.467 e. The van der Waals surface area contributed by atoms with Crippen molar-refractivity contribution in [3.05, 3.63) is 24.2 Å². The van der Waals surface area contributed by atoms with E-state index in [0.29, 0.717) is 13.2 Å². The van der Waals surface area contributed by atoms with Gasteiger partial charge in [0.15, 0.2) is 5.96 Å². The van der Waals surface area contributed by atoms with Crippen LogP contribution in [0.5, 0.6) is 0 Å². The van der Waals surface area contributed by atoms with Gasteiger partial charge in [-0.3, -0.25) is 4.99 Å². The van der Waals surface area contributed by atoms with Gasteiger partial charge in [-0.15, -0.1) is 0 Å². The molecule has 7 nitrogen and oxygen atoms in total. The number of likely N-dealkylation sites (N-methyl/N-ethyl adjacent to an activating group) is 1. The maximum atomic E-state index is 5.54. The van der Waals surface area contributed by atoms with Crippen LogP contribution in [0.3, 0.4) is 0 Å². The zero-order chi connectivity index (χ0) is 17.5. The zero-order valence-corrected chi connectivity index (χ0v) is 15.2. The highest BCUT2D eigenvalue weighted by molar-refractivity contribution is 5.79. The first kappa shape index (κ1) is 20.5. The molecule has 0 amide bonds. The third-order valence-electron chi connectivity index (χ3n) is 3.48. The number of nitrogens with one attached hydrogen (secondary N) is 2. The van der Waals surface area contributed by atoms with Crippen molar-refractivity contribution in [3.8, 4) is 0 Å². The van der Waals surface area contributed by atoms with Crippen LogP contribution in [0, 0.1) is 0 Å². The molecule has 0 atom stereocenters. The van der Waals surface area contributed by atoms with Crippen molar-refractivity contribution in [2.24, 2.45) is 4.99 Å². The summed E-state index contributed by atoms with van der Waals surface area (Å²) in [5, 5.41) is 6.60. The number of methoxy groups -OCH3 is 1. The lowest BCUT2D eigenvalue weighted by Gasteiger charge is -2.18. The van der Waals surface area contributed by atoms with E-state index in [1.54, 1.807) is 20.4 Å². The molecule has 0 spiro atoms. The second-order valence-corrected chi connectivity index (χ2v) is 5.56. The van der Waals surface area contributed by atoms with E-state index in [1.165, 1.54) is 0 Å². The highest BCUT2D eigenvalue weighted by Gasteiger charge is 2.00. The minimum atomic E-state index is 0.523. The summed E-state index contributed by atoms with van der Waals surface area (Å²) in [6.07, 6.45) is 3.63. The molecule has 1 rings (SSSR count). The fourth-order valence-corrected chi connectivity index (χ4v) is 2.12. The summed E-state index contributed by atoms with van der Waals surface area (Å²) < 4.78 is 15.8. The van der Waals surface area contributed by atoms with E-state index in [-0.39, 0.29) is 0 Å². The number of ether oxygens (including phenoxy) is 2. The van der Waals surface area contributed by atoms with Gasteiger partial charge >= 0.3 is 0 Å². The average Bonchev–Trinajstić information content (AvgIpc) is 3.10. The molecule has 0 aliphatic carbocycles. The number of nitrogens with zero attached hydrogens (tertiary/aromatic N) is 2. The lowest BCUT2D eigenvalue weighted by atomic mass is 10.4. The number of hydrogen-bond acceptors (Lipinski definition) is 5. The monoisotopic (exact) mass is 340 g/mol. The smallest absolute Gasteiger partial charge is 0.191 e. The summed E-state index contributed by atoms with van der Waals surface area (Å²) >= 11 is 0. The Morgan fingerprint density at radius 2 is 2.04 bits per heavy atom. The topological polar surface area (TPSA) is 71.3 Å². The van der Waals surface area contributed by atoms with Gasteiger partial charge in [-0.1, -0.05) is 0 Å². The summed E-state index contributed by atoms with van der Waals surface area (Å²) in [7, 11) is 5.63. The van der Waals surface area contributed by atoms with Crippen LogP contribution in [0.1, 0.15) is 18.6 Å². The van der Waals surface area contributed by atoms with Gasteiger partial charge in [0.2, 0.25) is 0 Å². The first-order chi connectivity index (χ1) is 11.8. The number of furan rings is 1. The summed E-state index contributed by atoms with van der Waals surface area (Å²) in [4.78, 5) is 6.50. The van der Waals surface area contributed by atoms with Gasteiger partial charge in [-0.25, -0.2) is 0 Å².